The summed E-state index contributed by atoms with van der Waals surface area (Å²) in [7, 11) is 0. The number of amides is 2. The first kappa shape index (κ1) is 20.4. The Balaban J connectivity index is 1.75. The molecule has 1 unspecified atom stereocenters. The summed E-state index contributed by atoms with van der Waals surface area (Å²) in [6.45, 7) is 1.27. The van der Waals surface area contributed by atoms with Crippen LogP contribution in [-0.2, 0) is 9.59 Å². The largest absolute Gasteiger partial charge is 0.483 e. The summed E-state index contributed by atoms with van der Waals surface area (Å²) < 4.78 is 11.4. The van der Waals surface area contributed by atoms with Gasteiger partial charge in [0.25, 0.3) is 11.8 Å². The van der Waals surface area contributed by atoms with E-state index < -0.39 is 17.9 Å². The third-order valence-electron chi connectivity index (χ3n) is 3.07. The molecule has 0 fully saturated rings. The molecule has 6 nitrogen and oxygen atoms in total. The van der Waals surface area contributed by atoms with Crippen LogP contribution >= 0.6 is 39.1 Å². The Morgan fingerprint density at radius 1 is 1.08 bits per heavy atom. The zero-order valence-corrected chi connectivity index (χ0v) is 16.7. The zero-order valence-electron chi connectivity index (χ0n) is 13.6. The molecule has 0 bridgehead atoms. The van der Waals surface area contributed by atoms with E-state index in [1.54, 1.807) is 49.4 Å². The zero-order chi connectivity index (χ0) is 19.1. The maximum Gasteiger partial charge on any atom is 0.279 e. The molecule has 0 aliphatic carbocycles. The van der Waals surface area contributed by atoms with E-state index in [-0.39, 0.29) is 6.61 Å². The van der Waals surface area contributed by atoms with Gasteiger partial charge in [-0.3, -0.25) is 20.4 Å². The number of ether oxygens (including phenoxy) is 2. The summed E-state index contributed by atoms with van der Waals surface area (Å²) in [6.07, 6.45) is -0.817. The molecule has 2 amide bonds. The van der Waals surface area contributed by atoms with Crippen LogP contribution in [0.15, 0.2) is 46.9 Å². The molecule has 2 N–H and O–H groups in total. The maximum absolute atomic E-state index is 11.9. The summed E-state index contributed by atoms with van der Waals surface area (Å²) in [6, 6.07) is 11.5. The highest BCUT2D eigenvalue weighted by Gasteiger charge is 2.15. The van der Waals surface area contributed by atoms with Crippen molar-refractivity contribution in [2.24, 2.45) is 0 Å². The Bertz CT molecular complexity index is 787. The van der Waals surface area contributed by atoms with Gasteiger partial charge in [0, 0.05) is 10.0 Å². The number of carbonyl (C=O) groups excluding carboxylic acids is 2. The highest BCUT2D eigenvalue weighted by molar-refractivity contribution is 9.10. The van der Waals surface area contributed by atoms with Crippen LogP contribution in [0, 0.1) is 0 Å². The molecule has 0 aromatic heterocycles. The summed E-state index contributed by atoms with van der Waals surface area (Å²) in [5.74, 6) is -0.102. The summed E-state index contributed by atoms with van der Waals surface area (Å²) >= 11 is 14.9. The second kappa shape index (κ2) is 9.66. The fourth-order valence-corrected chi connectivity index (χ4v) is 2.70. The normalized spacial score (nSPS) is 11.4. The molecule has 0 saturated carbocycles. The van der Waals surface area contributed by atoms with Crippen molar-refractivity contribution in [1.29, 1.82) is 0 Å². The third kappa shape index (κ3) is 6.40. The van der Waals surface area contributed by atoms with Crippen LogP contribution in [0.4, 0.5) is 0 Å². The minimum absolute atomic E-state index is 0.285. The Labute approximate surface area is 168 Å². The highest BCUT2D eigenvalue weighted by atomic mass is 79.9. The Morgan fingerprint density at radius 3 is 2.38 bits per heavy atom. The summed E-state index contributed by atoms with van der Waals surface area (Å²) in [5, 5.41) is 1.10. The molecule has 2 aromatic carbocycles. The molecule has 2 rings (SSSR count). The lowest BCUT2D eigenvalue weighted by molar-refractivity contribution is -0.133. The third-order valence-corrected chi connectivity index (χ3v) is 4.18. The van der Waals surface area contributed by atoms with Gasteiger partial charge in [0.05, 0.1) is 4.47 Å². The first-order chi connectivity index (χ1) is 12.3. The number of nitrogens with one attached hydrogen (secondary N) is 2. The monoisotopic (exact) mass is 460 g/mol. The van der Waals surface area contributed by atoms with E-state index in [2.05, 4.69) is 26.8 Å². The van der Waals surface area contributed by atoms with Gasteiger partial charge in [0.1, 0.15) is 11.5 Å². The van der Waals surface area contributed by atoms with Gasteiger partial charge in [-0.25, -0.2) is 0 Å². The van der Waals surface area contributed by atoms with Crippen LogP contribution in [0.1, 0.15) is 6.92 Å². The van der Waals surface area contributed by atoms with Gasteiger partial charge >= 0.3 is 0 Å². The smallest absolute Gasteiger partial charge is 0.279 e. The van der Waals surface area contributed by atoms with E-state index in [1.807, 2.05) is 0 Å². The molecule has 26 heavy (non-hydrogen) atoms. The average molecular weight is 462 g/mol. The lowest BCUT2D eigenvalue weighted by atomic mass is 10.3. The molecule has 0 radical (unpaired) electrons. The van der Waals surface area contributed by atoms with E-state index in [0.29, 0.717) is 26.0 Å². The minimum atomic E-state index is -0.817. The lowest BCUT2D eigenvalue weighted by Crippen LogP contribution is -2.48. The molecular weight excluding hydrogens is 447 g/mol. The number of halogens is 3. The van der Waals surface area contributed by atoms with Gasteiger partial charge in [-0.15, -0.1) is 0 Å². The molecule has 9 heteroatoms. The first-order valence-electron chi connectivity index (χ1n) is 7.44. The van der Waals surface area contributed by atoms with Crippen LogP contribution in [0.25, 0.3) is 0 Å². The van der Waals surface area contributed by atoms with E-state index in [4.69, 9.17) is 32.7 Å². The van der Waals surface area contributed by atoms with Crippen molar-refractivity contribution >= 4 is 50.9 Å². The van der Waals surface area contributed by atoms with Gasteiger partial charge in [-0.1, -0.05) is 23.2 Å². The summed E-state index contributed by atoms with van der Waals surface area (Å²) in [4.78, 5) is 23.7. The topological polar surface area (TPSA) is 76.7 Å². The molecule has 0 spiro atoms. The molecular formula is C17H15BrCl2N2O4. The van der Waals surface area contributed by atoms with Gasteiger partial charge in [0.15, 0.2) is 12.7 Å². The van der Waals surface area contributed by atoms with Gasteiger partial charge < -0.3 is 9.47 Å². The van der Waals surface area contributed by atoms with Gasteiger partial charge in [-0.05, 0) is 65.3 Å². The van der Waals surface area contributed by atoms with Crippen molar-refractivity contribution in [2.45, 2.75) is 13.0 Å². The first-order valence-corrected chi connectivity index (χ1v) is 8.99. The molecule has 0 heterocycles. The van der Waals surface area contributed by atoms with Crippen LogP contribution in [0.3, 0.4) is 0 Å². The molecule has 0 saturated heterocycles. The average Bonchev–Trinajstić information content (AvgIpc) is 2.60. The molecule has 0 aliphatic heterocycles. The maximum atomic E-state index is 11.9. The van der Waals surface area contributed by atoms with E-state index in [1.165, 1.54) is 0 Å². The number of benzene rings is 2. The van der Waals surface area contributed by atoms with Crippen molar-refractivity contribution in [2.75, 3.05) is 6.61 Å². The van der Waals surface area contributed by atoms with Crippen molar-refractivity contribution in [3.8, 4) is 11.5 Å². The predicted octanol–water partition coefficient (Wildman–Crippen LogP) is 3.75. The van der Waals surface area contributed by atoms with Crippen molar-refractivity contribution in [3.05, 3.63) is 57.0 Å². The Morgan fingerprint density at radius 2 is 1.73 bits per heavy atom. The number of hydrogen-bond acceptors (Lipinski definition) is 4. The Kier molecular flexibility index (Phi) is 7.56. The Hall–Kier alpha value is -1.96. The molecule has 1 atom stereocenters. The van der Waals surface area contributed by atoms with Crippen molar-refractivity contribution < 1.29 is 19.1 Å². The molecule has 0 aliphatic rings. The van der Waals surface area contributed by atoms with Crippen LogP contribution in [0.2, 0.25) is 10.0 Å². The minimum Gasteiger partial charge on any atom is -0.483 e. The number of hydrazine groups is 1. The van der Waals surface area contributed by atoms with Crippen LogP contribution < -0.4 is 20.3 Å². The fourth-order valence-electron chi connectivity index (χ4n) is 1.78. The van der Waals surface area contributed by atoms with Gasteiger partial charge in [-0.2, -0.15) is 0 Å². The quantitative estimate of drug-likeness (QED) is 0.642. The molecule has 138 valence electrons. The second-order valence-corrected chi connectivity index (χ2v) is 6.84. The number of carbonyl (C=O) groups is 2. The van der Waals surface area contributed by atoms with Crippen molar-refractivity contribution in [1.82, 2.24) is 10.9 Å². The SMILES string of the molecule is CC(Oc1ccc(Cl)cc1)C(=O)NNC(=O)COc1ccc(Cl)cc1Br. The van der Waals surface area contributed by atoms with Crippen molar-refractivity contribution in [3.63, 3.8) is 0 Å². The van der Waals surface area contributed by atoms with Crippen LogP contribution in [0.5, 0.6) is 11.5 Å². The highest BCUT2D eigenvalue weighted by Crippen LogP contribution is 2.27. The standard InChI is InChI=1S/C17H15BrCl2N2O4/c1-10(26-13-5-2-11(19)3-6-13)17(24)22-21-16(23)9-25-15-7-4-12(20)8-14(15)18/h2-8,10H,9H2,1H3,(H,21,23)(H,22,24). The van der Waals surface area contributed by atoms with E-state index in [9.17, 15) is 9.59 Å². The molecule has 2 aromatic rings. The van der Waals surface area contributed by atoms with E-state index >= 15 is 0 Å². The fraction of sp³-hybridized carbons (Fsp3) is 0.176. The van der Waals surface area contributed by atoms with E-state index in [0.717, 1.165) is 0 Å². The van der Waals surface area contributed by atoms with Gasteiger partial charge in [0.2, 0.25) is 0 Å². The number of hydrogen-bond donors (Lipinski definition) is 2. The van der Waals surface area contributed by atoms with Crippen LogP contribution in [-0.4, -0.2) is 24.5 Å². The number of rotatable bonds is 6. The second-order valence-electron chi connectivity index (χ2n) is 5.11. The summed E-state index contributed by atoms with van der Waals surface area (Å²) in [5.41, 5.74) is 4.52. The lowest BCUT2D eigenvalue weighted by Gasteiger charge is -2.15. The predicted molar refractivity (Wildman–Crippen MR) is 102 cm³/mol.